The Bertz CT molecular complexity index is 1230. The summed E-state index contributed by atoms with van der Waals surface area (Å²) in [5.74, 6) is -0.798. The van der Waals surface area contributed by atoms with E-state index in [0.29, 0.717) is 0 Å². The Morgan fingerprint density at radius 2 is 1.51 bits per heavy atom. The normalized spacial score (nSPS) is 11.3. The van der Waals surface area contributed by atoms with Crippen LogP contribution in [-0.4, -0.2) is 28.0 Å². The second kappa shape index (κ2) is 15.5. The summed E-state index contributed by atoms with van der Waals surface area (Å²) in [7, 11) is 0. The van der Waals surface area contributed by atoms with Crippen LogP contribution < -0.4 is 4.31 Å². The Kier molecular flexibility index (Phi) is 13.6. The second-order valence-electron chi connectivity index (χ2n) is 10.2. The number of carboxylic acid groups (broad SMARTS) is 1. The third kappa shape index (κ3) is 9.29. The van der Waals surface area contributed by atoms with E-state index in [0.717, 1.165) is 40.0 Å². The van der Waals surface area contributed by atoms with Crippen LogP contribution in [0.5, 0.6) is 0 Å². The number of hydrogen-bond donors (Lipinski definition) is 2. The molecule has 0 unspecified atom stereocenters. The van der Waals surface area contributed by atoms with Gasteiger partial charge in [-0.1, -0.05) is 86.0 Å². The molecule has 0 atom stereocenters. The lowest BCUT2D eigenvalue weighted by Crippen LogP contribution is -2.22. The average Bonchev–Trinajstić information content (AvgIpc) is 2.87. The molecular formula is C34H47NO3S. The van der Waals surface area contributed by atoms with E-state index < -0.39 is 11.6 Å². The molecule has 1 aliphatic heterocycles. The molecule has 0 aliphatic carbocycles. The van der Waals surface area contributed by atoms with Crippen LogP contribution in [-0.2, 0) is 17.8 Å². The van der Waals surface area contributed by atoms with Gasteiger partial charge in [0.25, 0.3) is 0 Å². The van der Waals surface area contributed by atoms with Crippen LogP contribution in [0.1, 0.15) is 69.4 Å². The molecule has 4 rings (SSSR count). The van der Waals surface area contributed by atoms with Crippen molar-refractivity contribution in [2.45, 2.75) is 80.9 Å². The van der Waals surface area contributed by atoms with Gasteiger partial charge in [0.2, 0.25) is 0 Å². The van der Waals surface area contributed by atoms with Crippen LogP contribution in [0, 0.1) is 20.8 Å². The maximum atomic E-state index is 11.8. The molecule has 212 valence electrons. The zero-order valence-electron chi connectivity index (χ0n) is 25.5. The summed E-state index contributed by atoms with van der Waals surface area (Å²) in [6, 6.07) is 17.0. The monoisotopic (exact) mass is 549 g/mol. The highest BCUT2D eigenvalue weighted by Crippen LogP contribution is 2.50. The molecule has 1 aliphatic rings. The van der Waals surface area contributed by atoms with Crippen molar-refractivity contribution in [3.05, 3.63) is 89.0 Å². The molecular weight excluding hydrogens is 502 g/mol. The van der Waals surface area contributed by atoms with Gasteiger partial charge in [0.15, 0.2) is 0 Å². The van der Waals surface area contributed by atoms with Gasteiger partial charge in [-0.25, -0.2) is 0 Å². The molecule has 0 saturated heterocycles. The van der Waals surface area contributed by atoms with Crippen molar-refractivity contribution in [2.75, 3.05) is 10.6 Å². The van der Waals surface area contributed by atoms with Crippen molar-refractivity contribution in [3.8, 4) is 22.3 Å². The van der Waals surface area contributed by atoms with E-state index in [1.807, 2.05) is 20.8 Å². The van der Waals surface area contributed by atoms with Crippen LogP contribution in [0.25, 0.3) is 22.3 Å². The number of nitrogens with zero attached hydrogens (tertiary/aromatic N) is 1. The molecule has 2 N–H and O–H groups in total. The lowest BCUT2D eigenvalue weighted by atomic mass is 9.81. The third-order valence-corrected chi connectivity index (χ3v) is 6.59. The van der Waals surface area contributed by atoms with Crippen LogP contribution in [0.2, 0.25) is 0 Å². The van der Waals surface area contributed by atoms with Crippen molar-refractivity contribution in [1.29, 1.82) is 0 Å². The first kappa shape index (κ1) is 34.0. The molecule has 0 radical (unpaired) electrons. The van der Waals surface area contributed by atoms with Gasteiger partial charge in [0.1, 0.15) is 0 Å². The van der Waals surface area contributed by atoms with Gasteiger partial charge in [-0.3, -0.25) is 4.79 Å². The smallest absolute Gasteiger partial charge is 0.307 e. The fourth-order valence-electron chi connectivity index (χ4n) is 4.46. The third-order valence-electron chi connectivity index (χ3n) is 5.84. The lowest BCUT2D eigenvalue weighted by molar-refractivity contribution is -0.136. The van der Waals surface area contributed by atoms with Crippen molar-refractivity contribution >= 4 is 23.6 Å². The number of aliphatic hydroxyl groups is 1. The molecule has 3 aromatic rings. The Labute approximate surface area is 240 Å². The quantitative estimate of drug-likeness (QED) is 0.251. The maximum Gasteiger partial charge on any atom is 0.307 e. The van der Waals surface area contributed by atoms with E-state index in [2.05, 4.69) is 86.4 Å². The Morgan fingerprint density at radius 3 is 2.00 bits per heavy atom. The van der Waals surface area contributed by atoms with Crippen molar-refractivity contribution in [3.63, 3.8) is 0 Å². The first-order chi connectivity index (χ1) is 18.3. The maximum absolute atomic E-state index is 11.8. The van der Waals surface area contributed by atoms with E-state index in [1.54, 1.807) is 38.8 Å². The molecule has 4 nitrogen and oxygen atoms in total. The minimum absolute atomic E-state index is 0.0209. The lowest BCUT2D eigenvalue weighted by Gasteiger charge is -2.35. The Morgan fingerprint density at radius 1 is 1.00 bits per heavy atom. The minimum atomic E-state index is -0.798. The predicted molar refractivity (Wildman–Crippen MR) is 172 cm³/mol. The van der Waals surface area contributed by atoms with E-state index in [1.165, 1.54) is 22.3 Å². The summed E-state index contributed by atoms with van der Waals surface area (Å²) >= 11 is 1.69. The van der Waals surface area contributed by atoms with Gasteiger partial charge in [-0.15, -0.1) is 6.58 Å². The number of carboxylic acids is 1. The summed E-state index contributed by atoms with van der Waals surface area (Å²) in [4.78, 5) is 11.8. The first-order valence-corrected chi connectivity index (χ1v) is 14.7. The molecule has 39 heavy (non-hydrogen) atoms. The van der Waals surface area contributed by atoms with E-state index in [9.17, 15) is 9.90 Å². The van der Waals surface area contributed by atoms with Crippen molar-refractivity contribution in [1.82, 2.24) is 0 Å². The van der Waals surface area contributed by atoms with Gasteiger partial charge in [0.05, 0.1) is 24.3 Å². The Balaban J connectivity index is 0.000000663. The van der Waals surface area contributed by atoms with Crippen LogP contribution in [0.15, 0.2) is 61.2 Å². The number of anilines is 1. The second-order valence-corrected chi connectivity index (χ2v) is 11.0. The fraction of sp³-hybridized carbons (Fsp3) is 0.382. The van der Waals surface area contributed by atoms with Gasteiger partial charge in [-0.2, -0.15) is 0 Å². The number of aryl methyl sites for hydroxylation is 1. The zero-order valence-corrected chi connectivity index (χ0v) is 26.3. The van der Waals surface area contributed by atoms with Crippen LogP contribution >= 0.6 is 11.9 Å². The summed E-state index contributed by atoms with van der Waals surface area (Å²) < 4.78 is 2.30. The highest BCUT2D eigenvalue weighted by molar-refractivity contribution is 7.99. The Hall–Kier alpha value is -3.02. The standard InChI is InChI=1S/C25H25NO2S.C4H10O.C3H6.C2H6/c1-15-9-11-18(12-10-15)23-17(3)24-20-8-6-5-7-19(20)14-26(29-4)25(24)16(2)21(23)13-22(27)28;1-4(2,3)5;1-3-2;1-2/h5-12H,13-14H2,1-4H3,(H,27,28);5H,1-3H3;3H,1H2,2H3;1-2H3. The highest BCUT2D eigenvalue weighted by atomic mass is 32.2. The van der Waals surface area contributed by atoms with Gasteiger partial charge >= 0.3 is 5.97 Å². The molecule has 0 saturated carbocycles. The van der Waals surface area contributed by atoms with Gasteiger partial charge in [0, 0.05) is 11.8 Å². The number of carbonyl (C=O) groups is 1. The highest BCUT2D eigenvalue weighted by Gasteiger charge is 2.30. The molecule has 0 fully saturated rings. The molecule has 1 heterocycles. The predicted octanol–water partition coefficient (Wildman–Crippen LogP) is 9.17. The number of aliphatic carboxylic acids is 1. The minimum Gasteiger partial charge on any atom is -0.481 e. The number of benzene rings is 3. The zero-order chi connectivity index (χ0) is 29.9. The summed E-state index contributed by atoms with van der Waals surface area (Å²) in [6.45, 7) is 21.6. The number of hydrogen-bond acceptors (Lipinski definition) is 4. The van der Waals surface area contributed by atoms with Gasteiger partial charge < -0.3 is 14.5 Å². The number of rotatable bonds is 4. The number of fused-ring (bicyclic) bond motifs is 3. The van der Waals surface area contributed by atoms with Crippen molar-refractivity contribution < 1.29 is 15.0 Å². The number of allylic oxidation sites excluding steroid dienone is 1. The van der Waals surface area contributed by atoms with Gasteiger partial charge in [-0.05, 0) is 87.4 Å². The molecule has 5 heteroatoms. The first-order valence-electron chi connectivity index (χ1n) is 13.5. The fourth-order valence-corrected chi connectivity index (χ4v) is 5.14. The molecule has 3 aromatic carbocycles. The molecule has 0 aromatic heterocycles. The summed E-state index contributed by atoms with van der Waals surface area (Å²) in [6.07, 6.45) is 3.85. The topological polar surface area (TPSA) is 60.8 Å². The SMILES string of the molecule is C=CC.CC.CC(C)(C)O.CSN1Cc2ccccc2-c2c(C)c(-c3ccc(C)cc3)c(CC(=O)O)c(C)c21. The largest absolute Gasteiger partial charge is 0.481 e. The summed E-state index contributed by atoms with van der Waals surface area (Å²) in [5, 5.41) is 18.2. The van der Waals surface area contributed by atoms with E-state index in [-0.39, 0.29) is 6.42 Å². The molecule has 0 amide bonds. The van der Waals surface area contributed by atoms with Crippen LogP contribution in [0.4, 0.5) is 5.69 Å². The van der Waals surface area contributed by atoms with Crippen molar-refractivity contribution in [2.24, 2.45) is 0 Å². The average molecular weight is 550 g/mol. The van der Waals surface area contributed by atoms with Crippen LogP contribution in [0.3, 0.4) is 0 Å². The van der Waals surface area contributed by atoms with E-state index in [4.69, 9.17) is 5.11 Å². The molecule has 0 bridgehead atoms. The summed E-state index contributed by atoms with van der Waals surface area (Å²) in [5.41, 5.74) is 10.9. The van der Waals surface area contributed by atoms with E-state index >= 15 is 0 Å². The molecule has 0 spiro atoms.